The summed E-state index contributed by atoms with van der Waals surface area (Å²) in [6.07, 6.45) is 0.577. The lowest BCUT2D eigenvalue weighted by Gasteiger charge is -2.18. The highest BCUT2D eigenvalue weighted by Crippen LogP contribution is 2.21. The van der Waals surface area contributed by atoms with Gasteiger partial charge in [-0.05, 0) is 32.4 Å². The van der Waals surface area contributed by atoms with E-state index in [2.05, 4.69) is 4.98 Å². The number of pyridine rings is 1. The lowest BCUT2D eigenvalue weighted by molar-refractivity contribution is 0.0569. The van der Waals surface area contributed by atoms with Crippen LogP contribution in [0.15, 0.2) is 12.1 Å². The Morgan fingerprint density at radius 2 is 2.33 bits per heavy atom. The van der Waals surface area contributed by atoms with Gasteiger partial charge in [-0.15, -0.1) is 0 Å². The molecule has 1 aliphatic heterocycles. The van der Waals surface area contributed by atoms with E-state index in [1.165, 1.54) is 0 Å². The van der Waals surface area contributed by atoms with Crippen LogP contribution >= 0.6 is 0 Å². The van der Waals surface area contributed by atoms with Crippen LogP contribution in [-0.4, -0.2) is 39.6 Å². The zero-order valence-electron chi connectivity index (χ0n) is 10.5. The topological polar surface area (TPSA) is 77.2 Å². The van der Waals surface area contributed by atoms with E-state index in [0.29, 0.717) is 36.5 Å². The van der Waals surface area contributed by atoms with Crippen LogP contribution in [0, 0.1) is 18.3 Å². The Balaban J connectivity index is 2.20. The Labute approximate surface area is 106 Å². The number of amides is 1. The second-order valence-electron chi connectivity index (χ2n) is 4.91. The summed E-state index contributed by atoms with van der Waals surface area (Å²) in [5, 5.41) is 18.6. The molecular formula is C13H15N3O2. The van der Waals surface area contributed by atoms with Gasteiger partial charge in [-0.1, -0.05) is 0 Å². The van der Waals surface area contributed by atoms with E-state index >= 15 is 0 Å². The standard InChI is InChI=1S/C13H15N3O2/c1-9-10(7-14)3-4-11(15-9)12(17)16-6-5-13(2,18)8-16/h3-4,18H,5-6,8H2,1-2H3. The molecule has 1 unspecified atom stereocenters. The molecule has 5 heteroatoms. The fraction of sp³-hybridized carbons (Fsp3) is 0.462. The van der Waals surface area contributed by atoms with Crippen LogP contribution in [0.25, 0.3) is 0 Å². The highest BCUT2D eigenvalue weighted by atomic mass is 16.3. The highest BCUT2D eigenvalue weighted by molar-refractivity contribution is 5.92. The lowest BCUT2D eigenvalue weighted by atomic mass is 10.1. The number of hydrogen-bond donors (Lipinski definition) is 1. The molecular weight excluding hydrogens is 230 g/mol. The van der Waals surface area contributed by atoms with Crippen molar-refractivity contribution in [1.82, 2.24) is 9.88 Å². The number of likely N-dealkylation sites (tertiary alicyclic amines) is 1. The highest BCUT2D eigenvalue weighted by Gasteiger charge is 2.34. The molecule has 0 aliphatic carbocycles. The Morgan fingerprint density at radius 1 is 1.61 bits per heavy atom. The summed E-state index contributed by atoms with van der Waals surface area (Å²) in [5.41, 5.74) is 0.538. The van der Waals surface area contributed by atoms with Gasteiger partial charge in [0.2, 0.25) is 0 Å². The number of aliphatic hydroxyl groups is 1. The van der Waals surface area contributed by atoms with Gasteiger partial charge in [0.15, 0.2) is 0 Å². The predicted molar refractivity (Wildman–Crippen MR) is 64.8 cm³/mol. The van der Waals surface area contributed by atoms with Gasteiger partial charge in [-0.2, -0.15) is 5.26 Å². The van der Waals surface area contributed by atoms with Gasteiger partial charge in [-0.3, -0.25) is 4.79 Å². The minimum absolute atomic E-state index is 0.194. The van der Waals surface area contributed by atoms with E-state index in [9.17, 15) is 9.90 Å². The van der Waals surface area contributed by atoms with E-state index in [1.807, 2.05) is 6.07 Å². The number of nitriles is 1. The third-order valence-corrected chi connectivity index (χ3v) is 3.16. The number of hydrogen-bond acceptors (Lipinski definition) is 4. The van der Waals surface area contributed by atoms with Crippen molar-refractivity contribution in [3.05, 3.63) is 29.1 Å². The van der Waals surface area contributed by atoms with E-state index in [0.717, 1.165) is 0 Å². The Bertz CT molecular complexity index is 532. The fourth-order valence-corrected chi connectivity index (χ4v) is 2.08. The summed E-state index contributed by atoms with van der Waals surface area (Å²) < 4.78 is 0. The molecule has 0 radical (unpaired) electrons. The van der Waals surface area contributed by atoms with E-state index in [1.54, 1.807) is 30.9 Å². The normalized spacial score (nSPS) is 22.9. The van der Waals surface area contributed by atoms with Crippen LogP contribution in [0.1, 0.15) is 35.1 Å². The first-order valence-corrected chi connectivity index (χ1v) is 5.82. The van der Waals surface area contributed by atoms with Crippen molar-refractivity contribution >= 4 is 5.91 Å². The molecule has 1 saturated heterocycles. The van der Waals surface area contributed by atoms with Gasteiger partial charge in [-0.25, -0.2) is 4.98 Å². The van der Waals surface area contributed by atoms with Crippen LogP contribution in [0.2, 0.25) is 0 Å². The number of rotatable bonds is 1. The van der Waals surface area contributed by atoms with Crippen molar-refractivity contribution in [3.63, 3.8) is 0 Å². The van der Waals surface area contributed by atoms with Crippen molar-refractivity contribution in [2.45, 2.75) is 25.9 Å². The van der Waals surface area contributed by atoms with Crippen LogP contribution in [0.5, 0.6) is 0 Å². The molecule has 1 fully saturated rings. The van der Waals surface area contributed by atoms with Gasteiger partial charge in [0, 0.05) is 13.1 Å². The summed E-state index contributed by atoms with van der Waals surface area (Å²) >= 11 is 0. The van der Waals surface area contributed by atoms with Crippen LogP contribution in [0.3, 0.4) is 0 Å². The molecule has 1 aromatic rings. The Morgan fingerprint density at radius 3 is 2.83 bits per heavy atom. The molecule has 1 N–H and O–H groups in total. The van der Waals surface area contributed by atoms with Gasteiger partial charge >= 0.3 is 0 Å². The van der Waals surface area contributed by atoms with Gasteiger partial charge < -0.3 is 10.0 Å². The van der Waals surface area contributed by atoms with Crippen molar-refractivity contribution in [2.24, 2.45) is 0 Å². The molecule has 1 aliphatic rings. The number of β-amino-alcohol motifs (C(OH)–C–C–N with tert-alkyl or cyclic N) is 1. The van der Waals surface area contributed by atoms with Gasteiger partial charge in [0.25, 0.3) is 5.91 Å². The number of aryl methyl sites for hydroxylation is 1. The number of aromatic nitrogens is 1. The first-order chi connectivity index (χ1) is 8.43. The molecule has 18 heavy (non-hydrogen) atoms. The molecule has 0 bridgehead atoms. The van der Waals surface area contributed by atoms with Crippen LogP contribution in [-0.2, 0) is 0 Å². The first kappa shape index (κ1) is 12.5. The number of nitrogens with zero attached hydrogens (tertiary/aromatic N) is 3. The minimum atomic E-state index is -0.808. The maximum atomic E-state index is 12.2. The SMILES string of the molecule is Cc1nc(C(=O)N2CCC(C)(O)C2)ccc1C#N. The largest absolute Gasteiger partial charge is 0.388 e. The van der Waals surface area contributed by atoms with E-state index < -0.39 is 5.60 Å². The number of carbonyl (C=O) groups excluding carboxylic acids is 1. The fourth-order valence-electron chi connectivity index (χ4n) is 2.08. The average molecular weight is 245 g/mol. The molecule has 0 aromatic carbocycles. The Kier molecular flexibility index (Phi) is 3.05. The second-order valence-corrected chi connectivity index (χ2v) is 4.91. The van der Waals surface area contributed by atoms with Crippen molar-refractivity contribution in [2.75, 3.05) is 13.1 Å². The van der Waals surface area contributed by atoms with Crippen molar-refractivity contribution < 1.29 is 9.90 Å². The summed E-state index contributed by atoms with van der Waals surface area (Å²) in [4.78, 5) is 17.9. The molecule has 94 valence electrons. The predicted octanol–water partition coefficient (Wildman–Crippen LogP) is 0.859. The van der Waals surface area contributed by atoms with Crippen LogP contribution < -0.4 is 0 Å². The summed E-state index contributed by atoms with van der Waals surface area (Å²) in [6, 6.07) is 5.17. The van der Waals surface area contributed by atoms with E-state index in [4.69, 9.17) is 5.26 Å². The molecule has 2 heterocycles. The quantitative estimate of drug-likeness (QED) is 0.796. The third-order valence-electron chi connectivity index (χ3n) is 3.16. The third kappa shape index (κ3) is 2.34. The van der Waals surface area contributed by atoms with Crippen molar-refractivity contribution in [3.8, 4) is 6.07 Å². The molecule has 0 saturated carbocycles. The van der Waals surface area contributed by atoms with Crippen LogP contribution in [0.4, 0.5) is 0 Å². The van der Waals surface area contributed by atoms with Gasteiger partial charge in [0.1, 0.15) is 11.8 Å². The molecule has 1 amide bonds. The monoisotopic (exact) mass is 245 g/mol. The minimum Gasteiger partial charge on any atom is -0.388 e. The van der Waals surface area contributed by atoms with Crippen molar-refractivity contribution in [1.29, 1.82) is 5.26 Å². The van der Waals surface area contributed by atoms with E-state index in [-0.39, 0.29) is 5.91 Å². The molecule has 1 aromatic heterocycles. The molecule has 5 nitrogen and oxygen atoms in total. The zero-order chi connectivity index (χ0) is 13.3. The maximum Gasteiger partial charge on any atom is 0.272 e. The molecule has 1 atom stereocenters. The van der Waals surface area contributed by atoms with Gasteiger partial charge in [0.05, 0.1) is 16.9 Å². The summed E-state index contributed by atoms with van der Waals surface area (Å²) in [7, 11) is 0. The lowest BCUT2D eigenvalue weighted by Crippen LogP contribution is -2.34. The smallest absolute Gasteiger partial charge is 0.272 e. The second kappa shape index (κ2) is 4.39. The maximum absolute atomic E-state index is 12.2. The zero-order valence-corrected chi connectivity index (χ0v) is 10.5. The molecule has 2 rings (SSSR count). The number of carbonyl (C=O) groups is 1. The average Bonchev–Trinajstić information content (AvgIpc) is 2.68. The summed E-state index contributed by atoms with van der Waals surface area (Å²) in [6.45, 7) is 4.28. The first-order valence-electron chi connectivity index (χ1n) is 5.82. The summed E-state index contributed by atoms with van der Waals surface area (Å²) in [5.74, 6) is -0.194. The molecule has 0 spiro atoms. The Hall–Kier alpha value is -1.93.